The summed E-state index contributed by atoms with van der Waals surface area (Å²) in [6.45, 7) is 1.49. The van der Waals surface area contributed by atoms with Crippen molar-refractivity contribution in [1.29, 1.82) is 0 Å². The number of hydrogen-bond donors (Lipinski definition) is 2. The van der Waals surface area contributed by atoms with Crippen LogP contribution >= 0.6 is 15.9 Å². The Morgan fingerprint density at radius 3 is 2.26 bits per heavy atom. The number of carbonyl (C=O) groups is 2. The molecule has 2 N–H and O–H groups in total. The molecule has 0 amide bonds. The fourth-order valence-corrected chi connectivity index (χ4v) is 3.43. The number of aromatic nitrogens is 1. The molecule has 31 heavy (non-hydrogen) atoms. The predicted molar refractivity (Wildman–Crippen MR) is 109 cm³/mol. The number of nitrogens with zero attached hydrogens (tertiary/aromatic N) is 1. The quantitative estimate of drug-likeness (QED) is 0.583. The van der Waals surface area contributed by atoms with Gasteiger partial charge in [0.15, 0.2) is 0 Å². The summed E-state index contributed by atoms with van der Waals surface area (Å²) in [5, 5.41) is 17.7. The fourth-order valence-electron chi connectivity index (χ4n) is 2.65. The third-order valence-electron chi connectivity index (χ3n) is 4.14. The van der Waals surface area contributed by atoms with Crippen molar-refractivity contribution in [1.82, 2.24) is 4.98 Å². The number of aliphatic carboxylic acids is 2. The number of halogens is 4. The molecule has 0 aliphatic heterocycles. The second kappa shape index (κ2) is 9.78. The van der Waals surface area contributed by atoms with Gasteiger partial charge >= 0.3 is 18.3 Å². The van der Waals surface area contributed by atoms with Gasteiger partial charge in [0.1, 0.15) is 5.75 Å². The third-order valence-corrected chi connectivity index (χ3v) is 4.60. The molecule has 6 nitrogen and oxygen atoms in total. The van der Waals surface area contributed by atoms with Gasteiger partial charge < -0.3 is 14.9 Å². The molecule has 10 heteroatoms. The van der Waals surface area contributed by atoms with Gasteiger partial charge in [0, 0.05) is 21.8 Å². The van der Waals surface area contributed by atoms with E-state index in [1.165, 1.54) is 43.3 Å². The Labute approximate surface area is 183 Å². The van der Waals surface area contributed by atoms with E-state index in [2.05, 4.69) is 25.7 Å². The van der Waals surface area contributed by atoms with Gasteiger partial charge in [0.2, 0.25) is 0 Å². The molecule has 1 heterocycles. The maximum Gasteiger partial charge on any atom is 0.573 e. The highest BCUT2D eigenvalue weighted by molar-refractivity contribution is 9.11. The van der Waals surface area contributed by atoms with Gasteiger partial charge in [-0.3, -0.25) is 9.78 Å². The first-order valence-corrected chi connectivity index (χ1v) is 9.52. The predicted octanol–water partition coefficient (Wildman–Crippen LogP) is 5.42. The van der Waals surface area contributed by atoms with Crippen LogP contribution in [0, 0.1) is 5.41 Å². The molecular weight excluding hydrogens is 483 g/mol. The first kappa shape index (κ1) is 24.1. The van der Waals surface area contributed by atoms with Gasteiger partial charge in [-0.25, -0.2) is 4.79 Å². The Kier molecular flexibility index (Phi) is 7.61. The Morgan fingerprint density at radius 2 is 1.77 bits per heavy atom. The lowest BCUT2D eigenvalue weighted by Crippen LogP contribution is -2.29. The SMILES string of the molecule is CC1(C(=O)O)C=C(Br)C=C(C(=O)O)C1.FC(F)(F)Oc1ccc(-c2ccccn2)cc1. The Bertz CT molecular complexity index is 1000. The lowest BCUT2D eigenvalue weighted by Gasteiger charge is -2.24. The van der Waals surface area contributed by atoms with Crippen LogP contribution in [0.15, 0.2) is 70.9 Å². The number of carboxylic acids is 2. The molecule has 1 aromatic heterocycles. The van der Waals surface area contributed by atoms with E-state index in [0.717, 1.165) is 5.56 Å². The molecule has 0 radical (unpaired) electrons. The average Bonchev–Trinajstić information content (AvgIpc) is 2.68. The molecule has 3 rings (SSSR count). The Balaban J connectivity index is 0.000000225. The number of hydrogen-bond acceptors (Lipinski definition) is 4. The van der Waals surface area contributed by atoms with Gasteiger partial charge in [0.25, 0.3) is 0 Å². The largest absolute Gasteiger partial charge is 0.573 e. The molecule has 2 aromatic rings. The number of benzene rings is 1. The van der Waals surface area contributed by atoms with Crippen LogP contribution in [0.5, 0.6) is 5.75 Å². The third kappa shape index (κ3) is 7.25. The van der Waals surface area contributed by atoms with E-state index in [1.54, 1.807) is 18.3 Å². The van der Waals surface area contributed by atoms with Crippen molar-refractivity contribution in [2.45, 2.75) is 19.7 Å². The maximum absolute atomic E-state index is 11.9. The number of alkyl halides is 3. The molecule has 0 saturated heterocycles. The number of carboxylic acid groups (broad SMARTS) is 2. The van der Waals surface area contributed by atoms with E-state index in [4.69, 9.17) is 10.2 Å². The zero-order chi connectivity index (χ0) is 23.2. The summed E-state index contributed by atoms with van der Waals surface area (Å²) in [7, 11) is 0. The van der Waals surface area contributed by atoms with Crippen molar-refractivity contribution in [2.75, 3.05) is 0 Å². The van der Waals surface area contributed by atoms with Crippen LogP contribution in [-0.4, -0.2) is 33.5 Å². The van der Waals surface area contributed by atoms with Crippen molar-refractivity contribution < 1.29 is 37.7 Å². The first-order valence-electron chi connectivity index (χ1n) is 8.72. The molecule has 1 aromatic carbocycles. The molecule has 1 atom stereocenters. The summed E-state index contributed by atoms with van der Waals surface area (Å²) in [5.74, 6) is -2.35. The fraction of sp³-hybridized carbons (Fsp3) is 0.190. The highest BCUT2D eigenvalue weighted by atomic mass is 79.9. The molecule has 1 aliphatic rings. The molecular formula is C21H17BrF3NO5. The summed E-state index contributed by atoms with van der Waals surface area (Å²) in [5.41, 5.74) is 0.400. The maximum atomic E-state index is 11.9. The highest BCUT2D eigenvalue weighted by Crippen LogP contribution is 2.36. The molecule has 164 valence electrons. The van der Waals surface area contributed by atoms with Gasteiger partial charge in [0.05, 0.1) is 11.1 Å². The molecule has 1 unspecified atom stereocenters. The molecule has 0 saturated carbocycles. The summed E-state index contributed by atoms with van der Waals surface area (Å²) >= 11 is 3.10. The standard InChI is InChI=1S/C12H8F3NO.C9H9BrO4/c13-12(14,15)17-10-6-4-9(5-7-10)11-3-1-2-8-16-11;1-9(8(13)14)3-5(7(11)12)2-6(10)4-9/h1-8H;2,4H,3H2,1H3,(H,11,12)(H,13,14). The van der Waals surface area contributed by atoms with E-state index < -0.39 is 23.7 Å². The van der Waals surface area contributed by atoms with Crippen LogP contribution in [0.3, 0.4) is 0 Å². The highest BCUT2D eigenvalue weighted by Gasteiger charge is 2.36. The summed E-state index contributed by atoms with van der Waals surface area (Å²) in [6.07, 6.45) is -0.108. The van der Waals surface area contributed by atoms with Gasteiger partial charge in [-0.2, -0.15) is 0 Å². The number of rotatable bonds is 4. The number of allylic oxidation sites excluding steroid dienone is 2. The van der Waals surface area contributed by atoms with Crippen LogP contribution in [0.25, 0.3) is 11.3 Å². The van der Waals surface area contributed by atoms with Crippen LogP contribution in [0.1, 0.15) is 13.3 Å². The van der Waals surface area contributed by atoms with Crippen molar-refractivity contribution >= 4 is 27.9 Å². The Hall–Kier alpha value is -3.14. The second-order valence-electron chi connectivity index (χ2n) is 6.69. The van der Waals surface area contributed by atoms with Crippen LogP contribution in [0.2, 0.25) is 0 Å². The number of ether oxygens (including phenoxy) is 1. The minimum Gasteiger partial charge on any atom is -0.481 e. The second-order valence-corrected chi connectivity index (χ2v) is 7.61. The minimum atomic E-state index is -4.66. The zero-order valence-electron chi connectivity index (χ0n) is 16.1. The summed E-state index contributed by atoms with van der Waals surface area (Å²) in [4.78, 5) is 25.7. The van der Waals surface area contributed by atoms with E-state index in [9.17, 15) is 22.8 Å². The van der Waals surface area contributed by atoms with E-state index in [0.29, 0.717) is 10.2 Å². The molecule has 0 fully saturated rings. The van der Waals surface area contributed by atoms with Crippen LogP contribution in [0.4, 0.5) is 13.2 Å². The van der Waals surface area contributed by atoms with Crippen molar-refractivity contribution in [3.63, 3.8) is 0 Å². The van der Waals surface area contributed by atoms with E-state index >= 15 is 0 Å². The van der Waals surface area contributed by atoms with Crippen molar-refractivity contribution in [3.05, 3.63) is 70.9 Å². The van der Waals surface area contributed by atoms with Crippen LogP contribution < -0.4 is 4.74 Å². The van der Waals surface area contributed by atoms with Gasteiger partial charge in [-0.05, 0) is 55.8 Å². The summed E-state index contributed by atoms with van der Waals surface area (Å²) < 4.78 is 40.1. The summed E-state index contributed by atoms with van der Waals surface area (Å²) in [6, 6.07) is 10.9. The normalized spacial score (nSPS) is 18.1. The zero-order valence-corrected chi connectivity index (χ0v) is 17.6. The average molecular weight is 500 g/mol. The minimum absolute atomic E-state index is 0.00671. The van der Waals surface area contributed by atoms with Crippen molar-refractivity contribution in [3.8, 4) is 17.0 Å². The number of pyridine rings is 1. The smallest absolute Gasteiger partial charge is 0.481 e. The lowest BCUT2D eigenvalue weighted by atomic mass is 9.80. The van der Waals surface area contributed by atoms with Gasteiger partial charge in [-0.15, -0.1) is 13.2 Å². The topological polar surface area (TPSA) is 96.7 Å². The first-order chi connectivity index (χ1) is 14.4. The monoisotopic (exact) mass is 499 g/mol. The van der Waals surface area contributed by atoms with Crippen LogP contribution in [-0.2, 0) is 9.59 Å². The van der Waals surface area contributed by atoms with E-state index in [1.807, 2.05) is 6.07 Å². The lowest BCUT2D eigenvalue weighted by molar-refractivity contribution is -0.274. The molecule has 1 aliphatic carbocycles. The van der Waals surface area contributed by atoms with Gasteiger partial charge in [-0.1, -0.05) is 28.1 Å². The van der Waals surface area contributed by atoms with E-state index in [-0.39, 0.29) is 17.7 Å². The molecule has 0 spiro atoms. The molecule has 0 bridgehead atoms. The Morgan fingerprint density at radius 1 is 1.13 bits per heavy atom. The van der Waals surface area contributed by atoms with Crippen molar-refractivity contribution in [2.24, 2.45) is 5.41 Å².